The highest BCUT2D eigenvalue weighted by Gasteiger charge is 2.07. The molecule has 4 nitrogen and oxygen atoms in total. The van der Waals surface area contributed by atoms with Crippen LogP contribution in [0.5, 0.6) is 0 Å². The summed E-state index contributed by atoms with van der Waals surface area (Å²) in [5, 5.41) is 3.56. The maximum absolute atomic E-state index is 11.1. The minimum absolute atomic E-state index is 0.0252. The fourth-order valence-corrected chi connectivity index (χ4v) is 1.77. The Morgan fingerprint density at radius 3 is 2.82 bits per heavy atom. The Kier molecular flexibility index (Phi) is 5.68. The van der Waals surface area contributed by atoms with Crippen LogP contribution in [-0.2, 0) is 11.3 Å². The first-order valence-corrected chi connectivity index (χ1v) is 5.97. The Morgan fingerprint density at radius 2 is 2.24 bits per heavy atom. The highest BCUT2D eigenvalue weighted by atomic mass is 35.5. The fourth-order valence-electron chi connectivity index (χ4n) is 1.34. The summed E-state index contributed by atoms with van der Waals surface area (Å²) in [4.78, 5) is 17.1. The summed E-state index contributed by atoms with van der Waals surface area (Å²) in [6.45, 7) is 1.30. The molecule has 0 spiro atoms. The van der Waals surface area contributed by atoms with Gasteiger partial charge >= 0.3 is 0 Å². The Morgan fingerprint density at radius 1 is 1.53 bits per heavy atom. The van der Waals surface area contributed by atoms with Crippen LogP contribution in [0.3, 0.4) is 0 Å². The lowest BCUT2D eigenvalue weighted by molar-refractivity contribution is -0.120. The van der Waals surface area contributed by atoms with Crippen LogP contribution < -0.4 is 5.32 Å². The number of nitrogens with one attached hydrogen (secondary N) is 1. The van der Waals surface area contributed by atoms with Crippen molar-refractivity contribution in [3.8, 4) is 0 Å². The Hall–Kier alpha value is -0.840. The lowest BCUT2D eigenvalue weighted by Gasteiger charge is -2.16. The summed E-state index contributed by atoms with van der Waals surface area (Å²) >= 11 is 11.7. The molecule has 1 N–H and O–H groups in total. The largest absolute Gasteiger partial charge is 0.359 e. The van der Waals surface area contributed by atoms with E-state index in [4.69, 9.17) is 23.2 Å². The van der Waals surface area contributed by atoms with Gasteiger partial charge in [0.25, 0.3) is 0 Å². The number of halogens is 2. The fraction of sp³-hybridized carbons (Fsp3) is 0.455. The molecule has 1 aromatic heterocycles. The van der Waals surface area contributed by atoms with Crippen molar-refractivity contribution in [3.63, 3.8) is 0 Å². The van der Waals surface area contributed by atoms with Crippen LogP contribution in [-0.4, -0.2) is 36.4 Å². The van der Waals surface area contributed by atoms with Crippen molar-refractivity contribution in [2.75, 3.05) is 20.6 Å². The first-order chi connectivity index (χ1) is 8.02. The molecular weight excluding hydrogens is 261 g/mol. The molecule has 0 fully saturated rings. The Balaban J connectivity index is 2.50. The average Bonchev–Trinajstić information content (AvgIpc) is 2.29. The van der Waals surface area contributed by atoms with Gasteiger partial charge in [-0.05, 0) is 13.1 Å². The van der Waals surface area contributed by atoms with E-state index in [0.29, 0.717) is 29.7 Å². The van der Waals surface area contributed by atoms with E-state index in [2.05, 4.69) is 10.3 Å². The van der Waals surface area contributed by atoms with Crippen molar-refractivity contribution < 1.29 is 4.79 Å². The van der Waals surface area contributed by atoms with Crippen molar-refractivity contribution in [3.05, 3.63) is 28.0 Å². The summed E-state index contributed by atoms with van der Waals surface area (Å²) in [5.41, 5.74) is 0.899. The molecule has 1 aromatic rings. The first kappa shape index (κ1) is 14.2. The molecule has 0 aliphatic rings. The van der Waals surface area contributed by atoms with Crippen molar-refractivity contribution in [2.45, 2.75) is 13.0 Å². The van der Waals surface area contributed by atoms with E-state index in [1.165, 1.54) is 0 Å². The summed E-state index contributed by atoms with van der Waals surface area (Å²) < 4.78 is 0. The molecule has 0 aromatic carbocycles. The van der Waals surface area contributed by atoms with E-state index in [1.807, 2.05) is 11.9 Å². The van der Waals surface area contributed by atoms with E-state index < -0.39 is 0 Å². The van der Waals surface area contributed by atoms with E-state index >= 15 is 0 Å². The normalized spacial score (nSPS) is 10.6. The minimum atomic E-state index is 0.0252. The Labute approximate surface area is 111 Å². The van der Waals surface area contributed by atoms with Gasteiger partial charge in [0.2, 0.25) is 5.91 Å². The van der Waals surface area contributed by atoms with Gasteiger partial charge in [-0.25, -0.2) is 4.98 Å². The summed E-state index contributed by atoms with van der Waals surface area (Å²) in [6.07, 6.45) is 2.12. The van der Waals surface area contributed by atoms with Gasteiger partial charge in [0.1, 0.15) is 5.15 Å². The molecule has 0 unspecified atom stereocenters. The lowest BCUT2D eigenvalue weighted by atomic mass is 10.2. The molecule has 0 aliphatic heterocycles. The van der Waals surface area contributed by atoms with Gasteiger partial charge in [-0.2, -0.15) is 0 Å². The highest BCUT2D eigenvalue weighted by molar-refractivity contribution is 6.34. The quantitative estimate of drug-likeness (QED) is 0.836. The maximum atomic E-state index is 11.1. The number of amides is 1. The lowest BCUT2D eigenvalue weighted by Crippen LogP contribution is -2.26. The number of carbonyl (C=O) groups is 1. The second-order valence-electron chi connectivity index (χ2n) is 3.76. The Bertz CT molecular complexity index is 398. The number of rotatable bonds is 5. The van der Waals surface area contributed by atoms with Crippen molar-refractivity contribution in [2.24, 2.45) is 0 Å². The summed E-state index contributed by atoms with van der Waals surface area (Å²) in [7, 11) is 3.55. The van der Waals surface area contributed by atoms with Crippen LogP contribution in [0.1, 0.15) is 12.0 Å². The van der Waals surface area contributed by atoms with Gasteiger partial charge in [-0.1, -0.05) is 23.2 Å². The zero-order valence-electron chi connectivity index (χ0n) is 9.83. The molecule has 0 atom stereocenters. The van der Waals surface area contributed by atoms with Crippen LogP contribution in [0.15, 0.2) is 12.3 Å². The number of aromatic nitrogens is 1. The van der Waals surface area contributed by atoms with Crippen LogP contribution in [0.2, 0.25) is 10.2 Å². The third kappa shape index (κ3) is 4.89. The van der Waals surface area contributed by atoms with Crippen molar-refractivity contribution in [1.82, 2.24) is 15.2 Å². The molecule has 0 saturated heterocycles. The summed E-state index contributed by atoms with van der Waals surface area (Å²) in [5.74, 6) is 0.0252. The molecule has 0 saturated carbocycles. The second kappa shape index (κ2) is 6.79. The van der Waals surface area contributed by atoms with Gasteiger partial charge in [0.05, 0.1) is 0 Å². The molecule has 0 radical (unpaired) electrons. The van der Waals surface area contributed by atoms with E-state index in [9.17, 15) is 4.79 Å². The van der Waals surface area contributed by atoms with Crippen LogP contribution >= 0.6 is 23.2 Å². The van der Waals surface area contributed by atoms with Gasteiger partial charge in [-0.3, -0.25) is 4.79 Å². The van der Waals surface area contributed by atoms with E-state index in [0.717, 1.165) is 5.56 Å². The monoisotopic (exact) mass is 275 g/mol. The molecule has 1 rings (SSSR count). The van der Waals surface area contributed by atoms with E-state index in [1.54, 1.807) is 19.3 Å². The predicted octanol–water partition coefficient (Wildman–Crippen LogP) is 1.96. The SMILES string of the molecule is CNC(=O)CCN(C)Cc1cnc(Cl)cc1Cl. The van der Waals surface area contributed by atoms with Crippen LogP contribution in [0.25, 0.3) is 0 Å². The van der Waals surface area contributed by atoms with Gasteiger partial charge in [0.15, 0.2) is 0 Å². The standard InChI is InChI=1S/C11H15Cl2N3O/c1-14-11(17)3-4-16(2)7-8-6-15-10(13)5-9(8)12/h5-6H,3-4,7H2,1-2H3,(H,14,17). The van der Waals surface area contributed by atoms with Crippen LogP contribution in [0.4, 0.5) is 0 Å². The minimum Gasteiger partial charge on any atom is -0.359 e. The van der Waals surface area contributed by atoms with Gasteiger partial charge < -0.3 is 10.2 Å². The molecule has 17 heavy (non-hydrogen) atoms. The number of hydrogen-bond acceptors (Lipinski definition) is 3. The first-order valence-electron chi connectivity index (χ1n) is 5.22. The third-order valence-corrected chi connectivity index (χ3v) is 2.89. The molecule has 6 heteroatoms. The van der Waals surface area contributed by atoms with Gasteiger partial charge in [-0.15, -0.1) is 0 Å². The molecule has 94 valence electrons. The molecule has 0 aliphatic carbocycles. The van der Waals surface area contributed by atoms with Crippen LogP contribution in [0, 0.1) is 0 Å². The number of pyridine rings is 1. The molecular formula is C11H15Cl2N3O. The molecule has 1 heterocycles. The topological polar surface area (TPSA) is 45.2 Å². The second-order valence-corrected chi connectivity index (χ2v) is 4.55. The van der Waals surface area contributed by atoms with Crippen molar-refractivity contribution >= 4 is 29.1 Å². The van der Waals surface area contributed by atoms with Gasteiger partial charge in [0, 0.05) is 43.3 Å². The summed E-state index contributed by atoms with van der Waals surface area (Å²) in [6, 6.07) is 1.62. The molecule has 1 amide bonds. The maximum Gasteiger partial charge on any atom is 0.221 e. The number of hydrogen-bond donors (Lipinski definition) is 1. The highest BCUT2D eigenvalue weighted by Crippen LogP contribution is 2.19. The zero-order chi connectivity index (χ0) is 12.8. The van der Waals surface area contributed by atoms with Crippen molar-refractivity contribution in [1.29, 1.82) is 0 Å². The average molecular weight is 276 g/mol. The molecule has 0 bridgehead atoms. The zero-order valence-corrected chi connectivity index (χ0v) is 11.3. The number of nitrogens with zero attached hydrogens (tertiary/aromatic N) is 2. The number of carbonyl (C=O) groups excluding carboxylic acids is 1. The smallest absolute Gasteiger partial charge is 0.221 e. The third-order valence-electron chi connectivity index (χ3n) is 2.34. The predicted molar refractivity (Wildman–Crippen MR) is 69.3 cm³/mol. The van der Waals surface area contributed by atoms with E-state index in [-0.39, 0.29) is 5.91 Å².